The summed E-state index contributed by atoms with van der Waals surface area (Å²) in [7, 11) is 0. The Kier molecular flexibility index (Phi) is 4.49. The maximum Gasteiger partial charge on any atom is 0.416 e. The van der Waals surface area contributed by atoms with E-state index in [4.69, 9.17) is 0 Å². The highest BCUT2D eigenvalue weighted by Crippen LogP contribution is 2.34. The molecule has 1 unspecified atom stereocenters. The minimum Gasteiger partial charge on any atom is -0.611 e. The van der Waals surface area contributed by atoms with Crippen LogP contribution < -0.4 is 0 Å². The van der Waals surface area contributed by atoms with E-state index in [0.29, 0.717) is 10.6 Å². The van der Waals surface area contributed by atoms with Crippen LogP contribution in [-0.2, 0) is 17.4 Å². The highest BCUT2D eigenvalue weighted by Gasteiger charge is 2.32. The third-order valence-electron chi connectivity index (χ3n) is 2.47. The van der Waals surface area contributed by atoms with Crippen molar-refractivity contribution in [3.8, 4) is 0 Å². The lowest BCUT2D eigenvalue weighted by Crippen LogP contribution is -2.12. The second kappa shape index (κ2) is 5.31. The zero-order valence-electron chi connectivity index (χ0n) is 9.97. The van der Waals surface area contributed by atoms with Crippen molar-refractivity contribution in [3.63, 3.8) is 0 Å². The molecular weight excluding hydrogens is 249 g/mol. The Morgan fingerprint density at radius 3 is 2.29 bits per heavy atom. The van der Waals surface area contributed by atoms with E-state index in [9.17, 15) is 17.7 Å². The van der Waals surface area contributed by atoms with Gasteiger partial charge in [-0.2, -0.15) is 13.2 Å². The largest absolute Gasteiger partial charge is 0.611 e. The Morgan fingerprint density at radius 1 is 1.29 bits per heavy atom. The number of hydrogen-bond acceptors (Lipinski definition) is 1. The van der Waals surface area contributed by atoms with Crippen molar-refractivity contribution in [3.05, 3.63) is 29.3 Å². The molecule has 0 spiro atoms. The number of alkyl halides is 3. The van der Waals surface area contributed by atoms with Crippen molar-refractivity contribution < 1.29 is 17.7 Å². The van der Waals surface area contributed by atoms with Crippen LogP contribution in [0.1, 0.15) is 37.8 Å². The van der Waals surface area contributed by atoms with Crippen LogP contribution in [-0.4, -0.2) is 10.3 Å². The molecule has 0 N–H and O–H groups in total. The van der Waals surface area contributed by atoms with Crippen molar-refractivity contribution >= 4 is 11.2 Å². The molecule has 1 aromatic rings. The van der Waals surface area contributed by atoms with E-state index in [1.54, 1.807) is 6.92 Å². The Balaban J connectivity index is 3.29. The zero-order valence-corrected chi connectivity index (χ0v) is 10.8. The van der Waals surface area contributed by atoms with E-state index in [1.165, 1.54) is 6.07 Å². The maximum absolute atomic E-state index is 12.6. The number of hydrogen-bond donors (Lipinski definition) is 0. The van der Waals surface area contributed by atoms with Gasteiger partial charge in [0.05, 0.1) is 5.56 Å². The highest BCUT2D eigenvalue weighted by atomic mass is 32.2. The normalized spacial score (nSPS) is 14.1. The van der Waals surface area contributed by atoms with Gasteiger partial charge >= 0.3 is 6.18 Å². The lowest BCUT2D eigenvalue weighted by molar-refractivity contribution is -0.137. The average molecular weight is 264 g/mol. The first kappa shape index (κ1) is 14.4. The second-order valence-corrected chi connectivity index (χ2v) is 5.75. The third-order valence-corrected chi connectivity index (χ3v) is 3.84. The van der Waals surface area contributed by atoms with Crippen LogP contribution in [0.15, 0.2) is 23.1 Å². The molecular formula is C12H15F3OS. The van der Waals surface area contributed by atoms with E-state index < -0.39 is 22.9 Å². The molecule has 0 fully saturated rings. The monoisotopic (exact) mass is 264 g/mol. The summed E-state index contributed by atoms with van der Waals surface area (Å²) in [6.07, 6.45) is -4.39. The molecule has 96 valence electrons. The summed E-state index contributed by atoms with van der Waals surface area (Å²) in [5, 5.41) is 0. The van der Waals surface area contributed by atoms with Gasteiger partial charge < -0.3 is 4.55 Å². The first-order valence-corrected chi connectivity index (χ1v) is 6.68. The fraction of sp³-hybridized carbons (Fsp3) is 0.500. The molecule has 0 amide bonds. The van der Waals surface area contributed by atoms with Crippen LogP contribution in [0.25, 0.3) is 0 Å². The number of halogens is 3. The van der Waals surface area contributed by atoms with Crippen molar-refractivity contribution in [2.45, 2.75) is 37.8 Å². The van der Waals surface area contributed by atoms with Gasteiger partial charge in [-0.15, -0.1) is 0 Å². The summed E-state index contributed by atoms with van der Waals surface area (Å²) in [6.45, 7) is 5.44. The summed E-state index contributed by atoms with van der Waals surface area (Å²) in [6, 6.07) is 3.48. The lowest BCUT2D eigenvalue weighted by Gasteiger charge is -2.17. The van der Waals surface area contributed by atoms with Crippen molar-refractivity contribution in [1.29, 1.82) is 0 Å². The van der Waals surface area contributed by atoms with Crippen molar-refractivity contribution in [2.24, 2.45) is 0 Å². The van der Waals surface area contributed by atoms with Gasteiger partial charge in [-0.25, -0.2) is 0 Å². The van der Waals surface area contributed by atoms with Gasteiger partial charge in [0.15, 0.2) is 4.90 Å². The quantitative estimate of drug-likeness (QED) is 0.758. The molecule has 1 atom stereocenters. The van der Waals surface area contributed by atoms with E-state index in [1.807, 2.05) is 13.8 Å². The minimum absolute atomic E-state index is 0.0581. The molecule has 0 saturated heterocycles. The molecule has 0 bridgehead atoms. The number of benzene rings is 1. The van der Waals surface area contributed by atoms with Gasteiger partial charge in [0.1, 0.15) is 5.75 Å². The summed E-state index contributed by atoms with van der Waals surface area (Å²) < 4.78 is 49.5. The molecule has 1 rings (SSSR count). The Hall–Kier alpha value is -0.680. The molecule has 0 aliphatic carbocycles. The molecule has 1 nitrogen and oxygen atoms in total. The van der Waals surface area contributed by atoms with Crippen molar-refractivity contribution in [1.82, 2.24) is 0 Å². The summed E-state index contributed by atoms with van der Waals surface area (Å²) in [4.78, 5) is 0.303. The third kappa shape index (κ3) is 3.39. The first-order valence-electron chi connectivity index (χ1n) is 5.36. The van der Waals surface area contributed by atoms with Crippen LogP contribution in [0, 0.1) is 0 Å². The Bertz CT molecular complexity index is 388. The van der Waals surface area contributed by atoms with Crippen LogP contribution in [0.3, 0.4) is 0 Å². The molecule has 0 heterocycles. The van der Waals surface area contributed by atoms with Gasteiger partial charge in [0.2, 0.25) is 0 Å². The van der Waals surface area contributed by atoms with E-state index >= 15 is 0 Å². The van der Waals surface area contributed by atoms with Gasteiger partial charge in [-0.3, -0.25) is 0 Å². The number of rotatable bonds is 3. The molecule has 5 heteroatoms. The van der Waals surface area contributed by atoms with E-state index in [0.717, 1.165) is 17.7 Å². The van der Waals surface area contributed by atoms with Crippen molar-refractivity contribution in [2.75, 3.05) is 5.75 Å². The Labute approximate surface area is 102 Å². The molecule has 0 saturated carbocycles. The lowest BCUT2D eigenvalue weighted by atomic mass is 10.0. The molecule has 1 aromatic carbocycles. The minimum atomic E-state index is -4.39. The smallest absolute Gasteiger partial charge is 0.416 e. The van der Waals surface area contributed by atoms with Gasteiger partial charge in [0, 0.05) is 11.6 Å². The van der Waals surface area contributed by atoms with Crippen LogP contribution in [0.2, 0.25) is 0 Å². The highest BCUT2D eigenvalue weighted by molar-refractivity contribution is 7.91. The molecule has 17 heavy (non-hydrogen) atoms. The topological polar surface area (TPSA) is 23.1 Å². The summed E-state index contributed by atoms with van der Waals surface area (Å²) in [5.74, 6) is 0.379. The predicted molar refractivity (Wildman–Crippen MR) is 62.5 cm³/mol. The molecule has 0 radical (unpaired) electrons. The van der Waals surface area contributed by atoms with E-state index in [2.05, 4.69) is 0 Å². The second-order valence-electron chi connectivity index (χ2n) is 4.04. The van der Waals surface area contributed by atoms with Crippen LogP contribution >= 0.6 is 0 Å². The van der Waals surface area contributed by atoms with Gasteiger partial charge in [-0.1, -0.05) is 19.9 Å². The van der Waals surface area contributed by atoms with Gasteiger partial charge in [0.25, 0.3) is 0 Å². The van der Waals surface area contributed by atoms with Crippen LogP contribution in [0.5, 0.6) is 0 Å². The van der Waals surface area contributed by atoms with Crippen LogP contribution in [0.4, 0.5) is 13.2 Å². The zero-order chi connectivity index (χ0) is 13.2. The summed E-state index contributed by atoms with van der Waals surface area (Å²) in [5.41, 5.74) is -0.0168. The fourth-order valence-electron chi connectivity index (χ4n) is 1.54. The SMILES string of the molecule is CC[S+]([O-])c1cc(C(F)(F)F)ccc1C(C)C. The molecule has 0 aliphatic rings. The fourth-order valence-corrected chi connectivity index (χ4v) is 2.68. The van der Waals surface area contributed by atoms with Gasteiger partial charge in [-0.05, 0) is 30.1 Å². The molecule has 0 aromatic heterocycles. The Morgan fingerprint density at radius 2 is 1.88 bits per heavy atom. The predicted octanol–water partition coefficient (Wildman–Crippen LogP) is 3.96. The molecule has 0 aliphatic heterocycles. The average Bonchev–Trinajstić information content (AvgIpc) is 2.25. The van der Waals surface area contributed by atoms with E-state index in [-0.39, 0.29) is 5.92 Å². The maximum atomic E-state index is 12.6. The summed E-state index contributed by atoms with van der Waals surface area (Å²) >= 11 is -1.37. The standard InChI is InChI=1S/C12H15F3OS/c1-4-17(16)11-7-9(12(13,14)15)5-6-10(11)8(2)3/h5-8H,4H2,1-3H3. The first-order chi connectivity index (χ1) is 7.77.